The maximum Gasteiger partial charge on any atom is 0.229 e. The van der Waals surface area contributed by atoms with Crippen molar-refractivity contribution in [2.45, 2.75) is 13.5 Å². The Bertz CT molecular complexity index is 840. The third-order valence-corrected chi connectivity index (χ3v) is 3.21. The Labute approximate surface area is 137 Å². The molecule has 0 spiro atoms. The number of halogens is 2. The molecule has 0 saturated heterocycles. The fraction of sp³-hybridized carbons (Fsp3) is 0.118. The molecule has 3 aromatic rings. The van der Waals surface area contributed by atoms with Crippen LogP contribution < -0.4 is 10.6 Å². The van der Waals surface area contributed by atoms with Crippen molar-refractivity contribution >= 4 is 17.5 Å². The highest BCUT2D eigenvalue weighted by molar-refractivity contribution is 5.56. The predicted molar refractivity (Wildman–Crippen MR) is 88.0 cm³/mol. The average molecular weight is 327 g/mol. The lowest BCUT2D eigenvalue weighted by Gasteiger charge is -2.10. The van der Waals surface area contributed by atoms with Crippen molar-refractivity contribution in [2.24, 2.45) is 0 Å². The molecule has 0 unspecified atom stereocenters. The summed E-state index contributed by atoms with van der Waals surface area (Å²) in [4.78, 5) is 12.7. The minimum absolute atomic E-state index is 0.109. The fourth-order valence-corrected chi connectivity index (χ4v) is 2.11. The molecule has 0 fully saturated rings. The Morgan fingerprint density at radius 1 is 1.04 bits per heavy atom. The van der Waals surface area contributed by atoms with Crippen molar-refractivity contribution in [3.8, 4) is 0 Å². The minimum Gasteiger partial charge on any atom is -0.364 e. The molecule has 7 heteroatoms. The average Bonchev–Trinajstić information content (AvgIpc) is 2.56. The molecule has 0 atom stereocenters. The van der Waals surface area contributed by atoms with Gasteiger partial charge in [0.1, 0.15) is 17.5 Å². The standard InChI is InChI=1S/C17H15F2N5/c1-11-8-16(21-10-13-4-2-3-7-20-13)24-17(22-11)23-15-6-5-12(18)9-14(15)19/h2-9H,10H2,1H3,(H2,21,22,23,24). The van der Waals surface area contributed by atoms with Gasteiger partial charge in [0.2, 0.25) is 5.95 Å². The zero-order valence-electron chi connectivity index (χ0n) is 12.9. The second-order valence-electron chi connectivity index (χ2n) is 5.14. The number of nitrogens with zero attached hydrogens (tertiary/aromatic N) is 3. The van der Waals surface area contributed by atoms with Gasteiger partial charge in [0.15, 0.2) is 0 Å². The SMILES string of the molecule is Cc1cc(NCc2ccccn2)nc(Nc2ccc(F)cc2F)n1. The van der Waals surface area contributed by atoms with E-state index in [1.807, 2.05) is 18.2 Å². The summed E-state index contributed by atoms with van der Waals surface area (Å²) in [5.41, 5.74) is 1.68. The number of nitrogens with one attached hydrogen (secondary N) is 2. The summed E-state index contributed by atoms with van der Waals surface area (Å²) in [5.74, 6) is -0.536. The zero-order valence-corrected chi connectivity index (χ0v) is 12.9. The number of aryl methyl sites for hydroxylation is 1. The Morgan fingerprint density at radius 3 is 2.67 bits per heavy atom. The van der Waals surface area contributed by atoms with Crippen LogP contribution in [0.5, 0.6) is 0 Å². The number of hydrogen-bond acceptors (Lipinski definition) is 5. The van der Waals surface area contributed by atoms with Gasteiger partial charge in [-0.2, -0.15) is 4.98 Å². The van der Waals surface area contributed by atoms with Crippen LogP contribution in [0, 0.1) is 18.6 Å². The van der Waals surface area contributed by atoms with E-state index in [1.165, 1.54) is 12.1 Å². The summed E-state index contributed by atoms with van der Waals surface area (Å²) in [7, 11) is 0. The van der Waals surface area contributed by atoms with Crippen LogP contribution in [0.15, 0.2) is 48.7 Å². The third kappa shape index (κ3) is 4.01. The molecule has 5 nitrogen and oxygen atoms in total. The van der Waals surface area contributed by atoms with Crippen LogP contribution in [-0.4, -0.2) is 15.0 Å². The Hall–Kier alpha value is -3.09. The van der Waals surface area contributed by atoms with E-state index < -0.39 is 11.6 Å². The van der Waals surface area contributed by atoms with Crippen LogP contribution in [0.3, 0.4) is 0 Å². The van der Waals surface area contributed by atoms with E-state index in [0.717, 1.165) is 11.8 Å². The van der Waals surface area contributed by atoms with Crippen molar-refractivity contribution < 1.29 is 8.78 Å². The first-order chi connectivity index (χ1) is 11.6. The van der Waals surface area contributed by atoms with Gasteiger partial charge < -0.3 is 10.6 Å². The predicted octanol–water partition coefficient (Wildman–Crippen LogP) is 3.81. The number of rotatable bonds is 5. The molecule has 2 aromatic heterocycles. The smallest absolute Gasteiger partial charge is 0.229 e. The first-order valence-electron chi connectivity index (χ1n) is 7.32. The Kier molecular flexibility index (Phi) is 4.60. The van der Waals surface area contributed by atoms with E-state index in [-0.39, 0.29) is 11.6 Å². The van der Waals surface area contributed by atoms with Gasteiger partial charge in [0, 0.05) is 24.0 Å². The molecule has 2 heterocycles. The molecule has 24 heavy (non-hydrogen) atoms. The number of hydrogen-bond donors (Lipinski definition) is 2. The van der Waals surface area contributed by atoms with E-state index in [0.29, 0.717) is 18.1 Å². The molecule has 2 N–H and O–H groups in total. The second kappa shape index (κ2) is 6.99. The molecule has 0 amide bonds. The second-order valence-corrected chi connectivity index (χ2v) is 5.14. The fourth-order valence-electron chi connectivity index (χ4n) is 2.11. The highest BCUT2D eigenvalue weighted by atomic mass is 19.1. The molecule has 0 bridgehead atoms. The summed E-state index contributed by atoms with van der Waals surface area (Å²) in [5, 5.41) is 5.90. The van der Waals surface area contributed by atoms with Gasteiger partial charge >= 0.3 is 0 Å². The lowest BCUT2D eigenvalue weighted by Crippen LogP contribution is -2.07. The summed E-state index contributed by atoms with van der Waals surface area (Å²) < 4.78 is 26.7. The summed E-state index contributed by atoms with van der Waals surface area (Å²) in [6.45, 7) is 2.31. The van der Waals surface area contributed by atoms with E-state index in [9.17, 15) is 8.78 Å². The molecular weight excluding hydrogens is 312 g/mol. The number of benzene rings is 1. The van der Waals surface area contributed by atoms with E-state index in [2.05, 4.69) is 25.6 Å². The van der Waals surface area contributed by atoms with Crippen LogP contribution in [0.1, 0.15) is 11.4 Å². The Morgan fingerprint density at radius 2 is 1.92 bits per heavy atom. The highest BCUT2D eigenvalue weighted by Gasteiger charge is 2.07. The quantitative estimate of drug-likeness (QED) is 0.746. The van der Waals surface area contributed by atoms with Crippen LogP contribution in [0.25, 0.3) is 0 Å². The van der Waals surface area contributed by atoms with Crippen molar-refractivity contribution in [3.05, 3.63) is 71.7 Å². The summed E-state index contributed by atoms with van der Waals surface area (Å²) in [6, 6.07) is 10.7. The lowest BCUT2D eigenvalue weighted by atomic mass is 10.3. The monoisotopic (exact) mass is 327 g/mol. The summed E-state index contributed by atoms with van der Waals surface area (Å²) in [6.07, 6.45) is 1.71. The van der Waals surface area contributed by atoms with Crippen molar-refractivity contribution in [1.82, 2.24) is 15.0 Å². The third-order valence-electron chi connectivity index (χ3n) is 3.21. The van der Waals surface area contributed by atoms with Crippen molar-refractivity contribution in [2.75, 3.05) is 10.6 Å². The topological polar surface area (TPSA) is 62.7 Å². The molecule has 122 valence electrons. The van der Waals surface area contributed by atoms with Crippen molar-refractivity contribution in [3.63, 3.8) is 0 Å². The maximum absolute atomic E-state index is 13.7. The molecule has 0 aliphatic heterocycles. The number of pyridine rings is 1. The van der Waals surface area contributed by atoms with Crippen LogP contribution >= 0.6 is 0 Å². The normalized spacial score (nSPS) is 10.5. The van der Waals surface area contributed by atoms with E-state index in [1.54, 1.807) is 19.2 Å². The van der Waals surface area contributed by atoms with E-state index in [4.69, 9.17) is 0 Å². The molecule has 0 radical (unpaired) electrons. The van der Waals surface area contributed by atoms with Crippen LogP contribution in [0.4, 0.5) is 26.2 Å². The molecule has 3 rings (SSSR count). The van der Waals surface area contributed by atoms with Gasteiger partial charge in [0.25, 0.3) is 0 Å². The van der Waals surface area contributed by atoms with Crippen LogP contribution in [0.2, 0.25) is 0 Å². The van der Waals surface area contributed by atoms with Gasteiger partial charge in [-0.3, -0.25) is 4.98 Å². The summed E-state index contributed by atoms with van der Waals surface area (Å²) >= 11 is 0. The van der Waals surface area contributed by atoms with Gasteiger partial charge in [-0.1, -0.05) is 6.07 Å². The minimum atomic E-state index is -0.705. The van der Waals surface area contributed by atoms with Gasteiger partial charge in [-0.05, 0) is 31.2 Å². The van der Waals surface area contributed by atoms with Gasteiger partial charge in [-0.25, -0.2) is 13.8 Å². The molecule has 0 saturated carbocycles. The number of anilines is 3. The number of aromatic nitrogens is 3. The van der Waals surface area contributed by atoms with Gasteiger partial charge in [-0.15, -0.1) is 0 Å². The molecule has 1 aromatic carbocycles. The van der Waals surface area contributed by atoms with Crippen molar-refractivity contribution in [1.29, 1.82) is 0 Å². The van der Waals surface area contributed by atoms with E-state index >= 15 is 0 Å². The van der Waals surface area contributed by atoms with Gasteiger partial charge in [0.05, 0.1) is 17.9 Å². The highest BCUT2D eigenvalue weighted by Crippen LogP contribution is 2.20. The lowest BCUT2D eigenvalue weighted by molar-refractivity contribution is 0.586. The maximum atomic E-state index is 13.7. The zero-order chi connectivity index (χ0) is 16.9. The Balaban J connectivity index is 1.76. The molecule has 0 aliphatic rings. The largest absolute Gasteiger partial charge is 0.364 e. The molecule has 0 aliphatic carbocycles. The molecular formula is C17H15F2N5. The first-order valence-corrected chi connectivity index (χ1v) is 7.32. The van der Waals surface area contributed by atoms with Crippen LogP contribution in [-0.2, 0) is 6.54 Å². The first kappa shape index (κ1) is 15.8.